The van der Waals surface area contributed by atoms with Gasteiger partial charge < -0.3 is 19.2 Å². The molecule has 1 fully saturated rings. The highest BCUT2D eigenvalue weighted by Gasteiger charge is 2.28. The van der Waals surface area contributed by atoms with Crippen LogP contribution in [0.2, 0.25) is 0 Å². The minimum Gasteiger partial charge on any atom is -0.502 e. The van der Waals surface area contributed by atoms with Crippen LogP contribution >= 0.6 is 0 Å². The molecule has 172 valence electrons. The van der Waals surface area contributed by atoms with Crippen molar-refractivity contribution >= 4 is 23.3 Å². The highest BCUT2D eigenvalue weighted by atomic mass is 16.5. The molecule has 0 bridgehead atoms. The number of amides is 1. The van der Waals surface area contributed by atoms with Gasteiger partial charge in [0.15, 0.2) is 5.76 Å². The number of rotatable bonds is 7. The maximum absolute atomic E-state index is 12.6. The first-order valence-electron chi connectivity index (χ1n) is 10.7. The molecule has 1 N–H and O–H groups in total. The summed E-state index contributed by atoms with van der Waals surface area (Å²) in [6.45, 7) is 2.80. The molecule has 33 heavy (non-hydrogen) atoms. The van der Waals surface area contributed by atoms with E-state index in [1.807, 2.05) is 24.3 Å². The zero-order valence-electron chi connectivity index (χ0n) is 18.3. The normalized spacial score (nSPS) is 15.4. The Labute approximate surface area is 190 Å². The van der Waals surface area contributed by atoms with Crippen LogP contribution in [0.25, 0.3) is 10.9 Å². The second-order valence-corrected chi connectivity index (χ2v) is 7.96. The lowest BCUT2D eigenvalue weighted by Crippen LogP contribution is -2.45. The van der Waals surface area contributed by atoms with Crippen molar-refractivity contribution in [3.05, 3.63) is 69.9 Å². The van der Waals surface area contributed by atoms with Crippen LogP contribution in [0.4, 0.5) is 0 Å². The lowest BCUT2D eigenvalue weighted by molar-refractivity contribution is -0.141. The molecule has 4 rings (SSSR count). The van der Waals surface area contributed by atoms with Crippen molar-refractivity contribution in [2.75, 3.05) is 33.3 Å². The van der Waals surface area contributed by atoms with Crippen LogP contribution < -0.4 is 5.43 Å². The topological polar surface area (TPSA) is 113 Å². The van der Waals surface area contributed by atoms with E-state index in [0.717, 1.165) is 17.3 Å². The maximum Gasteiger partial charge on any atom is 0.306 e. The van der Waals surface area contributed by atoms with Crippen LogP contribution in [-0.2, 0) is 20.9 Å². The average Bonchev–Trinajstić information content (AvgIpc) is 2.85. The summed E-state index contributed by atoms with van der Waals surface area (Å²) in [4.78, 5) is 44.0. The molecule has 1 atom stereocenters. The van der Waals surface area contributed by atoms with Gasteiger partial charge in [-0.1, -0.05) is 18.2 Å². The SMILES string of the molecule is COC(=O)C[C@H](c1oc(CN2CCN(C=O)CC2)cc(=O)c1O)c1ccnc2ccccc12. The van der Waals surface area contributed by atoms with E-state index in [0.29, 0.717) is 44.0 Å². The molecule has 1 aromatic carbocycles. The molecule has 0 radical (unpaired) electrons. The number of hydrogen-bond acceptors (Lipinski definition) is 8. The van der Waals surface area contributed by atoms with Crippen LogP contribution in [0.3, 0.4) is 0 Å². The number of benzene rings is 1. The molecule has 0 unspecified atom stereocenters. The summed E-state index contributed by atoms with van der Waals surface area (Å²) in [5.74, 6) is -1.38. The van der Waals surface area contributed by atoms with Crippen molar-refractivity contribution in [1.82, 2.24) is 14.8 Å². The monoisotopic (exact) mass is 451 g/mol. The van der Waals surface area contributed by atoms with E-state index in [1.165, 1.54) is 13.2 Å². The molecule has 3 aromatic rings. The highest BCUT2D eigenvalue weighted by Crippen LogP contribution is 2.36. The van der Waals surface area contributed by atoms with Crippen LogP contribution in [0.5, 0.6) is 5.75 Å². The molecular formula is C24H25N3O6. The fourth-order valence-electron chi connectivity index (χ4n) is 4.13. The maximum atomic E-state index is 12.6. The fourth-order valence-corrected chi connectivity index (χ4v) is 4.13. The molecule has 1 aliphatic heterocycles. The number of aromatic hydroxyl groups is 1. The number of pyridine rings is 1. The van der Waals surface area contributed by atoms with Gasteiger partial charge >= 0.3 is 5.97 Å². The average molecular weight is 451 g/mol. The molecule has 1 amide bonds. The molecule has 0 aliphatic carbocycles. The van der Waals surface area contributed by atoms with Crippen molar-refractivity contribution in [3.8, 4) is 5.75 Å². The number of esters is 1. The number of carbonyl (C=O) groups is 2. The van der Waals surface area contributed by atoms with E-state index >= 15 is 0 Å². The van der Waals surface area contributed by atoms with Gasteiger partial charge in [-0.25, -0.2) is 0 Å². The summed E-state index contributed by atoms with van der Waals surface area (Å²) in [6.07, 6.45) is 2.32. The molecule has 1 aliphatic rings. The third-order valence-corrected chi connectivity index (χ3v) is 5.91. The lowest BCUT2D eigenvalue weighted by atomic mass is 9.90. The van der Waals surface area contributed by atoms with E-state index in [1.54, 1.807) is 17.2 Å². The summed E-state index contributed by atoms with van der Waals surface area (Å²) >= 11 is 0. The molecule has 1 saturated heterocycles. The predicted molar refractivity (Wildman–Crippen MR) is 120 cm³/mol. The largest absolute Gasteiger partial charge is 0.502 e. The Balaban J connectivity index is 1.74. The van der Waals surface area contributed by atoms with Gasteiger partial charge in [-0.15, -0.1) is 0 Å². The fraction of sp³-hybridized carbons (Fsp3) is 0.333. The smallest absolute Gasteiger partial charge is 0.306 e. The number of fused-ring (bicyclic) bond motifs is 1. The minimum absolute atomic E-state index is 0.0192. The Kier molecular flexibility index (Phi) is 6.69. The second kappa shape index (κ2) is 9.83. The van der Waals surface area contributed by atoms with Gasteiger partial charge in [-0.3, -0.25) is 24.3 Å². The van der Waals surface area contributed by atoms with Crippen LogP contribution in [0.15, 0.2) is 51.8 Å². The molecule has 0 saturated carbocycles. The Morgan fingerprint density at radius 1 is 1.24 bits per heavy atom. The molecule has 9 nitrogen and oxygen atoms in total. The zero-order chi connectivity index (χ0) is 23.4. The lowest BCUT2D eigenvalue weighted by Gasteiger charge is -2.32. The number of methoxy groups -OCH3 is 1. The summed E-state index contributed by atoms with van der Waals surface area (Å²) in [7, 11) is 1.29. The molecule has 3 heterocycles. The highest BCUT2D eigenvalue weighted by molar-refractivity contribution is 5.84. The van der Waals surface area contributed by atoms with Crippen molar-refractivity contribution in [3.63, 3.8) is 0 Å². The molecule has 2 aromatic heterocycles. The number of para-hydroxylation sites is 1. The number of nitrogens with zero attached hydrogens (tertiary/aromatic N) is 3. The van der Waals surface area contributed by atoms with Gasteiger partial charge in [0.1, 0.15) is 5.76 Å². The Hall–Kier alpha value is -3.72. The molecule has 9 heteroatoms. The molecule has 0 spiro atoms. The van der Waals surface area contributed by atoms with Crippen LogP contribution in [0, 0.1) is 0 Å². The van der Waals surface area contributed by atoms with Gasteiger partial charge in [0.2, 0.25) is 17.6 Å². The standard InChI is InChI=1S/C24H25N3O6/c1-32-22(30)13-19(17-6-7-25-20-5-3-2-4-18(17)20)24-23(31)21(29)12-16(33-24)14-26-8-10-27(15-28)11-9-26/h2-7,12,15,19,31H,8-11,13-14H2,1H3/t19-/m0/s1. The van der Waals surface area contributed by atoms with Gasteiger partial charge in [0.25, 0.3) is 0 Å². The summed E-state index contributed by atoms with van der Waals surface area (Å²) < 4.78 is 10.9. The third kappa shape index (κ3) is 4.88. The quantitative estimate of drug-likeness (QED) is 0.428. The Morgan fingerprint density at radius 3 is 2.73 bits per heavy atom. The Morgan fingerprint density at radius 2 is 2.00 bits per heavy atom. The van der Waals surface area contributed by atoms with E-state index in [-0.39, 0.29) is 12.2 Å². The van der Waals surface area contributed by atoms with Gasteiger partial charge in [0, 0.05) is 43.8 Å². The van der Waals surface area contributed by atoms with E-state index in [9.17, 15) is 19.5 Å². The van der Waals surface area contributed by atoms with Crippen molar-refractivity contribution < 1.29 is 23.8 Å². The van der Waals surface area contributed by atoms with E-state index in [2.05, 4.69) is 9.88 Å². The Bertz CT molecular complexity index is 1210. The number of ether oxygens (including phenoxy) is 1. The van der Waals surface area contributed by atoms with Gasteiger partial charge in [0.05, 0.1) is 31.5 Å². The number of piperazine rings is 1. The summed E-state index contributed by atoms with van der Waals surface area (Å²) in [6, 6.07) is 10.4. The first-order chi connectivity index (χ1) is 16.0. The van der Waals surface area contributed by atoms with Gasteiger partial charge in [-0.05, 0) is 17.7 Å². The number of aromatic nitrogens is 1. The van der Waals surface area contributed by atoms with Crippen LogP contribution in [-0.4, -0.2) is 65.6 Å². The van der Waals surface area contributed by atoms with Crippen molar-refractivity contribution in [1.29, 1.82) is 0 Å². The first kappa shape index (κ1) is 22.5. The number of carbonyl (C=O) groups excluding carboxylic acids is 2. The van der Waals surface area contributed by atoms with Gasteiger partial charge in [-0.2, -0.15) is 0 Å². The summed E-state index contributed by atoms with van der Waals surface area (Å²) in [5, 5.41) is 11.4. The summed E-state index contributed by atoms with van der Waals surface area (Å²) in [5.41, 5.74) is 0.836. The number of hydrogen-bond donors (Lipinski definition) is 1. The van der Waals surface area contributed by atoms with E-state index < -0.39 is 23.1 Å². The van der Waals surface area contributed by atoms with Crippen LogP contribution in [0.1, 0.15) is 29.4 Å². The molecular weight excluding hydrogens is 426 g/mol. The van der Waals surface area contributed by atoms with Crippen molar-refractivity contribution in [2.24, 2.45) is 0 Å². The second-order valence-electron chi connectivity index (χ2n) is 7.96. The minimum atomic E-state index is -0.745. The first-order valence-corrected chi connectivity index (χ1v) is 10.7. The van der Waals surface area contributed by atoms with Crippen molar-refractivity contribution in [2.45, 2.75) is 18.9 Å². The van der Waals surface area contributed by atoms with E-state index in [4.69, 9.17) is 9.15 Å². The zero-order valence-corrected chi connectivity index (χ0v) is 18.3. The third-order valence-electron chi connectivity index (χ3n) is 5.91. The predicted octanol–water partition coefficient (Wildman–Crippen LogP) is 1.86.